The average Bonchev–Trinajstić information content (AvgIpc) is 2.54. The van der Waals surface area contributed by atoms with Crippen molar-refractivity contribution in [3.63, 3.8) is 0 Å². The Morgan fingerprint density at radius 2 is 2.00 bits per heavy atom. The van der Waals surface area contributed by atoms with E-state index in [1.54, 1.807) is 12.4 Å². The van der Waals surface area contributed by atoms with Gasteiger partial charge in [-0.05, 0) is 32.6 Å². The largest absolute Gasteiger partial charge is 0.342 e. The lowest BCUT2D eigenvalue weighted by Crippen LogP contribution is -2.44. The van der Waals surface area contributed by atoms with Gasteiger partial charge in [0.1, 0.15) is 0 Å². The molecule has 0 unspecified atom stereocenters. The lowest BCUT2D eigenvalue weighted by molar-refractivity contribution is -0.140. The zero-order valence-electron chi connectivity index (χ0n) is 13.5. The van der Waals surface area contributed by atoms with Gasteiger partial charge in [-0.25, -0.2) is 8.78 Å². The molecule has 1 saturated heterocycles. The van der Waals surface area contributed by atoms with Crippen LogP contribution in [0.25, 0.3) is 0 Å². The second-order valence-corrected chi connectivity index (χ2v) is 6.84. The van der Waals surface area contributed by atoms with Gasteiger partial charge in [-0.15, -0.1) is 0 Å². The van der Waals surface area contributed by atoms with E-state index < -0.39 is 5.92 Å². The number of aryl methyl sites for hydroxylation is 1. The van der Waals surface area contributed by atoms with Crippen LogP contribution < -0.4 is 0 Å². The first-order valence-electron chi connectivity index (χ1n) is 8.40. The number of halogens is 2. The zero-order chi connectivity index (χ0) is 16.4. The van der Waals surface area contributed by atoms with E-state index in [4.69, 9.17) is 0 Å². The highest BCUT2D eigenvalue weighted by molar-refractivity contribution is 5.79. The van der Waals surface area contributed by atoms with Gasteiger partial charge in [-0.2, -0.15) is 0 Å². The quantitative estimate of drug-likeness (QED) is 0.839. The SMILES string of the molecule is Cc1cncc([C@H]2CCCN(C(=O)C3CCC(F)(F)CC3)C2)n1. The van der Waals surface area contributed by atoms with Gasteiger partial charge in [-0.1, -0.05) is 0 Å². The molecule has 2 aliphatic rings. The van der Waals surface area contributed by atoms with Gasteiger partial charge in [-0.3, -0.25) is 14.8 Å². The molecule has 1 aromatic heterocycles. The molecule has 1 aliphatic heterocycles. The third kappa shape index (κ3) is 3.85. The Hall–Kier alpha value is -1.59. The standard InChI is InChI=1S/C17H23F2N3O/c1-12-9-20-10-15(21-12)14-3-2-8-22(11-14)16(23)13-4-6-17(18,19)7-5-13/h9-10,13-14H,2-8,11H2,1H3/t14-/m0/s1. The van der Waals surface area contributed by atoms with Crippen molar-refractivity contribution >= 4 is 5.91 Å². The molecule has 1 atom stereocenters. The van der Waals surface area contributed by atoms with Crippen LogP contribution in [0, 0.1) is 12.8 Å². The van der Waals surface area contributed by atoms with Crippen LogP contribution in [0.4, 0.5) is 8.78 Å². The zero-order valence-corrected chi connectivity index (χ0v) is 13.5. The third-order valence-corrected chi connectivity index (χ3v) is 4.99. The summed E-state index contributed by atoms with van der Waals surface area (Å²) in [7, 11) is 0. The number of rotatable bonds is 2. The van der Waals surface area contributed by atoms with Crippen LogP contribution >= 0.6 is 0 Å². The van der Waals surface area contributed by atoms with Crippen LogP contribution in [0.3, 0.4) is 0 Å². The smallest absolute Gasteiger partial charge is 0.248 e. The molecule has 23 heavy (non-hydrogen) atoms. The minimum atomic E-state index is -2.58. The van der Waals surface area contributed by atoms with Gasteiger partial charge >= 0.3 is 0 Å². The number of carbonyl (C=O) groups excluding carboxylic acids is 1. The number of hydrogen-bond donors (Lipinski definition) is 0. The number of carbonyl (C=O) groups is 1. The summed E-state index contributed by atoms with van der Waals surface area (Å²) in [5.41, 5.74) is 1.80. The van der Waals surface area contributed by atoms with Crippen molar-refractivity contribution in [3.8, 4) is 0 Å². The van der Waals surface area contributed by atoms with Crippen molar-refractivity contribution in [1.82, 2.24) is 14.9 Å². The van der Waals surface area contributed by atoms with Gasteiger partial charge < -0.3 is 4.90 Å². The summed E-state index contributed by atoms with van der Waals surface area (Å²) >= 11 is 0. The number of aromatic nitrogens is 2. The third-order valence-electron chi connectivity index (χ3n) is 4.99. The molecule has 0 radical (unpaired) electrons. The second-order valence-electron chi connectivity index (χ2n) is 6.84. The fourth-order valence-corrected chi connectivity index (χ4v) is 3.64. The van der Waals surface area contributed by atoms with E-state index in [-0.39, 0.29) is 30.6 Å². The van der Waals surface area contributed by atoms with Crippen molar-refractivity contribution in [2.75, 3.05) is 13.1 Å². The molecule has 1 aliphatic carbocycles. The normalized spacial score (nSPS) is 25.3. The van der Waals surface area contributed by atoms with E-state index in [2.05, 4.69) is 9.97 Å². The van der Waals surface area contributed by atoms with Crippen molar-refractivity contribution < 1.29 is 13.6 Å². The first-order valence-corrected chi connectivity index (χ1v) is 8.40. The Balaban J connectivity index is 1.63. The molecule has 2 fully saturated rings. The molecular formula is C17H23F2N3O. The Morgan fingerprint density at radius 3 is 2.70 bits per heavy atom. The Bertz CT molecular complexity index is 569. The summed E-state index contributed by atoms with van der Waals surface area (Å²) < 4.78 is 26.5. The molecule has 0 spiro atoms. The van der Waals surface area contributed by atoms with Gasteiger partial charge in [0.15, 0.2) is 0 Å². The maximum atomic E-state index is 13.3. The minimum Gasteiger partial charge on any atom is -0.342 e. The van der Waals surface area contributed by atoms with Crippen molar-refractivity contribution in [2.24, 2.45) is 5.92 Å². The van der Waals surface area contributed by atoms with E-state index in [9.17, 15) is 13.6 Å². The molecule has 0 aromatic carbocycles. The molecule has 2 heterocycles. The lowest BCUT2D eigenvalue weighted by Gasteiger charge is -2.36. The summed E-state index contributed by atoms with van der Waals surface area (Å²) in [5.74, 6) is -2.58. The van der Waals surface area contributed by atoms with Crippen LogP contribution in [0.15, 0.2) is 12.4 Å². The van der Waals surface area contributed by atoms with Crippen molar-refractivity contribution in [1.29, 1.82) is 0 Å². The first-order chi connectivity index (χ1) is 10.9. The molecule has 1 aromatic rings. The summed E-state index contributed by atoms with van der Waals surface area (Å²) in [5, 5.41) is 0. The number of amides is 1. The fraction of sp³-hybridized carbons (Fsp3) is 0.706. The van der Waals surface area contributed by atoms with Gasteiger partial charge in [0.2, 0.25) is 11.8 Å². The van der Waals surface area contributed by atoms with E-state index in [1.807, 2.05) is 11.8 Å². The van der Waals surface area contributed by atoms with Crippen LogP contribution in [0.2, 0.25) is 0 Å². The Labute approximate surface area is 135 Å². The van der Waals surface area contributed by atoms with Crippen LogP contribution in [-0.2, 0) is 4.79 Å². The molecule has 0 N–H and O–H groups in total. The maximum absolute atomic E-state index is 13.3. The molecule has 0 bridgehead atoms. The number of hydrogen-bond acceptors (Lipinski definition) is 3. The fourth-order valence-electron chi connectivity index (χ4n) is 3.64. The van der Waals surface area contributed by atoms with Crippen molar-refractivity contribution in [2.45, 2.75) is 57.3 Å². The highest BCUT2D eigenvalue weighted by atomic mass is 19.3. The first kappa shape index (κ1) is 16.3. The monoisotopic (exact) mass is 323 g/mol. The molecular weight excluding hydrogens is 300 g/mol. The van der Waals surface area contributed by atoms with E-state index in [1.165, 1.54) is 0 Å². The number of alkyl halides is 2. The highest BCUT2D eigenvalue weighted by Gasteiger charge is 2.39. The van der Waals surface area contributed by atoms with Gasteiger partial charge in [0.05, 0.1) is 11.4 Å². The molecule has 4 nitrogen and oxygen atoms in total. The maximum Gasteiger partial charge on any atom is 0.248 e. The summed E-state index contributed by atoms with van der Waals surface area (Å²) in [4.78, 5) is 23.2. The van der Waals surface area contributed by atoms with Crippen molar-refractivity contribution in [3.05, 3.63) is 23.8 Å². The number of piperidine rings is 1. The van der Waals surface area contributed by atoms with E-state index in [0.717, 1.165) is 30.8 Å². The van der Waals surface area contributed by atoms with Gasteiger partial charge in [0.25, 0.3) is 0 Å². The van der Waals surface area contributed by atoms with E-state index >= 15 is 0 Å². The summed E-state index contributed by atoms with van der Waals surface area (Å²) in [6.07, 6.45) is 5.69. The number of likely N-dealkylation sites (tertiary alicyclic amines) is 1. The highest BCUT2D eigenvalue weighted by Crippen LogP contribution is 2.37. The van der Waals surface area contributed by atoms with Gasteiger partial charge in [0, 0.05) is 50.2 Å². The minimum absolute atomic E-state index is 0.0470. The predicted octanol–water partition coefficient (Wildman–Crippen LogP) is 3.32. The average molecular weight is 323 g/mol. The second kappa shape index (κ2) is 6.49. The molecule has 6 heteroatoms. The van der Waals surface area contributed by atoms with Crippen LogP contribution in [0.5, 0.6) is 0 Å². The summed E-state index contributed by atoms with van der Waals surface area (Å²) in [6.45, 7) is 3.26. The molecule has 126 valence electrons. The molecule has 1 amide bonds. The Kier molecular flexibility index (Phi) is 4.60. The number of nitrogens with zero attached hydrogens (tertiary/aromatic N) is 3. The van der Waals surface area contributed by atoms with E-state index in [0.29, 0.717) is 19.4 Å². The summed E-state index contributed by atoms with van der Waals surface area (Å²) in [6, 6.07) is 0. The van der Waals surface area contributed by atoms with Crippen LogP contribution in [-0.4, -0.2) is 39.8 Å². The predicted molar refractivity (Wildman–Crippen MR) is 82.2 cm³/mol. The molecule has 3 rings (SSSR count). The lowest BCUT2D eigenvalue weighted by atomic mass is 9.85. The van der Waals surface area contributed by atoms with Crippen LogP contribution in [0.1, 0.15) is 55.8 Å². The topological polar surface area (TPSA) is 46.1 Å². The Morgan fingerprint density at radius 1 is 1.26 bits per heavy atom. The molecule has 1 saturated carbocycles.